The van der Waals surface area contributed by atoms with Crippen molar-refractivity contribution >= 4 is 5.84 Å². The molecule has 0 spiro atoms. The Morgan fingerprint density at radius 1 is 1.39 bits per heavy atom. The number of oxime groups is 1. The fraction of sp³-hybridized carbons (Fsp3) is 0.500. The molecule has 1 aromatic heterocycles. The number of amidine groups is 1. The van der Waals surface area contributed by atoms with Crippen LogP contribution in [0.15, 0.2) is 23.5 Å². The Morgan fingerprint density at radius 2 is 2.22 bits per heavy atom. The van der Waals surface area contributed by atoms with Crippen LogP contribution in [-0.4, -0.2) is 34.3 Å². The number of unbranched alkanes of at least 4 members (excludes halogenated alkanes) is 2. The molecule has 0 aliphatic carbocycles. The Bertz CT molecular complexity index is 382. The van der Waals surface area contributed by atoms with Crippen molar-refractivity contribution in [3.8, 4) is 0 Å². The molecular weight excluding hydrogens is 232 g/mol. The van der Waals surface area contributed by atoms with Crippen LogP contribution in [0.5, 0.6) is 0 Å². The highest BCUT2D eigenvalue weighted by molar-refractivity contribution is 5.95. The SMILES string of the molecule is N/C(=N/O)c1cc(CNCCCCCO)ccn1. The Morgan fingerprint density at radius 3 is 2.94 bits per heavy atom. The molecule has 6 heteroatoms. The van der Waals surface area contributed by atoms with Crippen molar-refractivity contribution in [2.45, 2.75) is 25.8 Å². The molecular formula is C12H20N4O2. The lowest BCUT2D eigenvalue weighted by atomic mass is 10.2. The van der Waals surface area contributed by atoms with Crippen LogP contribution in [0.4, 0.5) is 0 Å². The molecule has 0 fully saturated rings. The maximum absolute atomic E-state index is 8.64. The average Bonchev–Trinajstić information content (AvgIpc) is 2.42. The molecule has 100 valence electrons. The van der Waals surface area contributed by atoms with Crippen LogP contribution in [0.1, 0.15) is 30.5 Å². The highest BCUT2D eigenvalue weighted by Gasteiger charge is 2.01. The summed E-state index contributed by atoms with van der Waals surface area (Å²) in [6.07, 6.45) is 4.55. The van der Waals surface area contributed by atoms with Gasteiger partial charge in [-0.25, -0.2) is 0 Å². The second kappa shape index (κ2) is 8.43. The number of hydrogen-bond acceptors (Lipinski definition) is 5. The Labute approximate surface area is 107 Å². The minimum atomic E-state index is 0.0137. The van der Waals surface area contributed by atoms with Gasteiger partial charge in [-0.2, -0.15) is 0 Å². The fourth-order valence-electron chi connectivity index (χ4n) is 1.55. The minimum absolute atomic E-state index is 0.0137. The van der Waals surface area contributed by atoms with Crippen LogP contribution in [0.2, 0.25) is 0 Å². The maximum atomic E-state index is 8.64. The van der Waals surface area contributed by atoms with E-state index in [4.69, 9.17) is 16.0 Å². The summed E-state index contributed by atoms with van der Waals surface area (Å²) in [5, 5.41) is 23.4. The van der Waals surface area contributed by atoms with Gasteiger partial charge in [0.25, 0.3) is 0 Å². The van der Waals surface area contributed by atoms with Crippen molar-refractivity contribution in [2.24, 2.45) is 10.9 Å². The summed E-state index contributed by atoms with van der Waals surface area (Å²) in [6, 6.07) is 3.67. The molecule has 0 saturated heterocycles. The van der Waals surface area contributed by atoms with Gasteiger partial charge < -0.3 is 21.4 Å². The van der Waals surface area contributed by atoms with Crippen LogP contribution in [0.25, 0.3) is 0 Å². The van der Waals surface area contributed by atoms with Gasteiger partial charge in [-0.15, -0.1) is 0 Å². The van der Waals surface area contributed by atoms with Crippen molar-refractivity contribution in [2.75, 3.05) is 13.2 Å². The summed E-state index contributed by atoms with van der Waals surface area (Å²) < 4.78 is 0. The third-order valence-electron chi connectivity index (χ3n) is 2.54. The van der Waals surface area contributed by atoms with Crippen molar-refractivity contribution in [3.05, 3.63) is 29.6 Å². The van der Waals surface area contributed by atoms with E-state index in [0.717, 1.165) is 31.4 Å². The van der Waals surface area contributed by atoms with Crippen LogP contribution < -0.4 is 11.1 Å². The van der Waals surface area contributed by atoms with Crippen molar-refractivity contribution in [1.29, 1.82) is 0 Å². The molecule has 6 nitrogen and oxygen atoms in total. The normalized spacial score (nSPS) is 11.7. The van der Waals surface area contributed by atoms with E-state index >= 15 is 0 Å². The first kappa shape index (κ1) is 14.4. The zero-order valence-electron chi connectivity index (χ0n) is 10.3. The predicted molar refractivity (Wildman–Crippen MR) is 69.4 cm³/mol. The first-order valence-electron chi connectivity index (χ1n) is 6.02. The molecule has 0 bridgehead atoms. The Hall–Kier alpha value is -1.66. The second-order valence-electron chi connectivity index (χ2n) is 4.00. The van der Waals surface area contributed by atoms with Crippen molar-refractivity contribution < 1.29 is 10.3 Å². The summed E-state index contributed by atoms with van der Waals surface area (Å²) in [6.45, 7) is 1.88. The van der Waals surface area contributed by atoms with Crippen LogP contribution in [-0.2, 0) is 6.54 Å². The van der Waals surface area contributed by atoms with Gasteiger partial charge in [-0.05, 0) is 43.5 Å². The fourth-order valence-corrected chi connectivity index (χ4v) is 1.55. The van der Waals surface area contributed by atoms with Gasteiger partial charge in [0.15, 0.2) is 5.84 Å². The van der Waals surface area contributed by atoms with Crippen molar-refractivity contribution in [1.82, 2.24) is 10.3 Å². The minimum Gasteiger partial charge on any atom is -0.409 e. The third kappa shape index (κ3) is 5.11. The second-order valence-corrected chi connectivity index (χ2v) is 4.00. The van der Waals surface area contributed by atoms with Crippen LogP contribution >= 0.6 is 0 Å². The lowest BCUT2D eigenvalue weighted by Crippen LogP contribution is -2.18. The van der Waals surface area contributed by atoms with Gasteiger partial charge in [0.1, 0.15) is 5.69 Å². The number of aliphatic hydroxyl groups is 1. The smallest absolute Gasteiger partial charge is 0.188 e. The number of pyridine rings is 1. The van der Waals surface area contributed by atoms with E-state index in [-0.39, 0.29) is 12.4 Å². The molecule has 0 saturated carbocycles. The van der Waals surface area contributed by atoms with E-state index < -0.39 is 0 Å². The average molecular weight is 252 g/mol. The molecule has 1 heterocycles. The molecule has 0 aromatic carbocycles. The lowest BCUT2D eigenvalue weighted by Gasteiger charge is -2.05. The monoisotopic (exact) mass is 252 g/mol. The molecule has 0 aliphatic rings. The van der Waals surface area contributed by atoms with E-state index in [9.17, 15) is 0 Å². The molecule has 1 aromatic rings. The van der Waals surface area contributed by atoms with E-state index in [2.05, 4.69) is 15.5 Å². The van der Waals surface area contributed by atoms with E-state index in [0.29, 0.717) is 12.2 Å². The molecule has 5 N–H and O–H groups in total. The molecule has 1 rings (SSSR count). The highest BCUT2D eigenvalue weighted by atomic mass is 16.4. The lowest BCUT2D eigenvalue weighted by molar-refractivity contribution is 0.283. The number of aliphatic hydroxyl groups excluding tert-OH is 1. The molecule has 0 aliphatic heterocycles. The zero-order valence-corrected chi connectivity index (χ0v) is 10.3. The molecule has 18 heavy (non-hydrogen) atoms. The number of rotatable bonds is 8. The topological polar surface area (TPSA) is 104 Å². The van der Waals surface area contributed by atoms with Gasteiger partial charge in [-0.3, -0.25) is 4.98 Å². The van der Waals surface area contributed by atoms with E-state index in [1.165, 1.54) is 0 Å². The van der Waals surface area contributed by atoms with Gasteiger partial charge in [0, 0.05) is 19.3 Å². The highest BCUT2D eigenvalue weighted by Crippen LogP contribution is 2.02. The summed E-state index contributed by atoms with van der Waals surface area (Å²) >= 11 is 0. The maximum Gasteiger partial charge on any atom is 0.188 e. The van der Waals surface area contributed by atoms with Gasteiger partial charge in [0.05, 0.1) is 0 Å². The summed E-state index contributed by atoms with van der Waals surface area (Å²) in [7, 11) is 0. The quantitative estimate of drug-likeness (QED) is 0.177. The summed E-state index contributed by atoms with van der Waals surface area (Å²) in [5.41, 5.74) is 6.97. The molecule has 0 radical (unpaired) electrons. The number of nitrogens with one attached hydrogen (secondary N) is 1. The van der Waals surface area contributed by atoms with Gasteiger partial charge in [-0.1, -0.05) is 5.16 Å². The predicted octanol–water partition coefficient (Wildman–Crippen LogP) is 0.428. The number of nitrogens with two attached hydrogens (primary N) is 1. The molecule has 0 unspecified atom stereocenters. The zero-order chi connectivity index (χ0) is 13.2. The number of aromatic nitrogens is 1. The summed E-state index contributed by atoms with van der Waals surface area (Å²) in [4.78, 5) is 4.01. The third-order valence-corrected chi connectivity index (χ3v) is 2.54. The van der Waals surface area contributed by atoms with Crippen LogP contribution in [0.3, 0.4) is 0 Å². The molecule has 0 atom stereocenters. The summed E-state index contributed by atoms with van der Waals surface area (Å²) in [5.74, 6) is 0.0137. The van der Waals surface area contributed by atoms with Gasteiger partial charge in [0.2, 0.25) is 0 Å². The standard InChI is InChI=1S/C12H20N4O2/c13-12(16-18)11-8-10(4-6-15-11)9-14-5-2-1-3-7-17/h4,6,8,14,17-18H,1-3,5,7,9H2,(H2,13,16). The van der Waals surface area contributed by atoms with Crippen molar-refractivity contribution in [3.63, 3.8) is 0 Å². The van der Waals surface area contributed by atoms with Gasteiger partial charge >= 0.3 is 0 Å². The van der Waals surface area contributed by atoms with Crippen LogP contribution in [0, 0.1) is 0 Å². The first-order chi connectivity index (χ1) is 8.77. The molecule has 0 amide bonds. The van der Waals surface area contributed by atoms with E-state index in [1.807, 2.05) is 6.07 Å². The Kier molecular flexibility index (Phi) is 6.75. The number of hydrogen-bond donors (Lipinski definition) is 4. The van der Waals surface area contributed by atoms with E-state index in [1.54, 1.807) is 12.3 Å². The Balaban J connectivity index is 2.34. The number of nitrogens with zero attached hydrogens (tertiary/aromatic N) is 2. The largest absolute Gasteiger partial charge is 0.409 e. The first-order valence-corrected chi connectivity index (χ1v) is 6.02.